The molecular formula is C15H32O7. The molecule has 0 aromatic rings. The van der Waals surface area contributed by atoms with E-state index >= 15 is 0 Å². The molecule has 0 aromatic carbocycles. The van der Waals surface area contributed by atoms with Crippen molar-refractivity contribution in [2.45, 2.75) is 59.0 Å². The fourth-order valence-electron chi connectivity index (χ4n) is 1.01. The highest BCUT2D eigenvalue weighted by Crippen LogP contribution is 1.96. The predicted molar refractivity (Wildman–Crippen MR) is 82.7 cm³/mol. The number of esters is 1. The molecule has 0 heterocycles. The van der Waals surface area contributed by atoms with Crippen molar-refractivity contribution in [3.63, 3.8) is 0 Å². The van der Waals surface area contributed by atoms with Crippen LogP contribution in [0.25, 0.3) is 0 Å². The topological polar surface area (TPSA) is 94.5 Å². The maximum absolute atomic E-state index is 10.4. The van der Waals surface area contributed by atoms with Gasteiger partial charge >= 0.3 is 5.97 Å². The summed E-state index contributed by atoms with van der Waals surface area (Å²) in [7, 11) is 1.63. The monoisotopic (exact) mass is 324 g/mol. The summed E-state index contributed by atoms with van der Waals surface area (Å²) < 4.78 is 20.1. The summed E-state index contributed by atoms with van der Waals surface area (Å²) in [6.07, 6.45) is -0.625. The van der Waals surface area contributed by atoms with Crippen molar-refractivity contribution >= 4 is 5.97 Å². The van der Waals surface area contributed by atoms with E-state index in [-0.39, 0.29) is 30.9 Å². The number of hydrogen-bond donors (Lipinski definition) is 2. The second kappa shape index (κ2) is 15.2. The molecule has 2 N–H and O–H groups in total. The molecule has 0 amide bonds. The SMILES string of the molecule is CC(O)COC(C)CO.COC(C)COC(C)COC(C)=O. The zero-order valence-corrected chi connectivity index (χ0v) is 14.6. The summed E-state index contributed by atoms with van der Waals surface area (Å²) in [6, 6.07) is 0. The Labute approximate surface area is 133 Å². The van der Waals surface area contributed by atoms with E-state index in [1.165, 1.54) is 6.92 Å². The Morgan fingerprint density at radius 1 is 0.955 bits per heavy atom. The standard InChI is InChI=1S/C9H18O4.C6H14O3/c1-7(11-4)5-12-8(2)6-13-9(3)10;1-5(8)4-9-6(2)3-7/h7-8H,5-6H2,1-4H3;5-8H,3-4H2,1-2H3. The second-order valence-corrected chi connectivity index (χ2v) is 5.17. The molecule has 4 atom stereocenters. The fraction of sp³-hybridized carbons (Fsp3) is 0.933. The fourth-order valence-corrected chi connectivity index (χ4v) is 1.01. The number of methoxy groups -OCH3 is 1. The molecule has 0 saturated heterocycles. The number of carbonyl (C=O) groups is 1. The van der Waals surface area contributed by atoms with Gasteiger partial charge in [-0.25, -0.2) is 0 Å². The van der Waals surface area contributed by atoms with Gasteiger partial charge in [-0.3, -0.25) is 4.79 Å². The van der Waals surface area contributed by atoms with Crippen LogP contribution in [0.5, 0.6) is 0 Å². The van der Waals surface area contributed by atoms with Crippen LogP contribution in [-0.2, 0) is 23.7 Å². The van der Waals surface area contributed by atoms with Crippen molar-refractivity contribution in [1.29, 1.82) is 0 Å². The summed E-state index contributed by atoms with van der Waals surface area (Å²) in [5, 5.41) is 17.1. The minimum Gasteiger partial charge on any atom is -0.463 e. The van der Waals surface area contributed by atoms with Crippen LogP contribution in [0.15, 0.2) is 0 Å². The number of carbonyl (C=O) groups excluding carboxylic acids is 1. The Hall–Kier alpha value is -0.730. The molecule has 0 bridgehead atoms. The molecule has 0 aliphatic rings. The van der Waals surface area contributed by atoms with Gasteiger partial charge in [-0.05, 0) is 27.7 Å². The number of aliphatic hydroxyl groups is 2. The first-order valence-electron chi connectivity index (χ1n) is 7.41. The van der Waals surface area contributed by atoms with E-state index in [4.69, 9.17) is 29.2 Å². The van der Waals surface area contributed by atoms with Gasteiger partial charge in [0.15, 0.2) is 0 Å². The molecule has 4 unspecified atom stereocenters. The van der Waals surface area contributed by atoms with Crippen LogP contribution in [0.3, 0.4) is 0 Å². The third-order valence-electron chi connectivity index (χ3n) is 2.42. The highest BCUT2D eigenvalue weighted by Gasteiger charge is 2.06. The lowest BCUT2D eigenvalue weighted by Crippen LogP contribution is -2.23. The average molecular weight is 324 g/mol. The smallest absolute Gasteiger partial charge is 0.302 e. The van der Waals surface area contributed by atoms with Gasteiger partial charge in [0.05, 0.1) is 44.2 Å². The van der Waals surface area contributed by atoms with Crippen LogP contribution in [-0.4, -0.2) is 74.1 Å². The number of hydrogen-bond acceptors (Lipinski definition) is 7. The van der Waals surface area contributed by atoms with Crippen molar-refractivity contribution in [3.05, 3.63) is 0 Å². The predicted octanol–water partition coefficient (Wildman–Crippen LogP) is 0.754. The van der Waals surface area contributed by atoms with E-state index < -0.39 is 6.10 Å². The van der Waals surface area contributed by atoms with E-state index in [1.54, 1.807) is 21.0 Å². The largest absolute Gasteiger partial charge is 0.463 e. The molecule has 7 nitrogen and oxygen atoms in total. The Bertz CT molecular complexity index is 258. The summed E-state index contributed by atoms with van der Waals surface area (Å²) in [4.78, 5) is 10.4. The minimum atomic E-state index is -0.445. The van der Waals surface area contributed by atoms with Gasteiger partial charge in [0.25, 0.3) is 0 Å². The molecule has 0 saturated carbocycles. The van der Waals surface area contributed by atoms with Crippen molar-refractivity contribution < 1.29 is 34.0 Å². The highest BCUT2D eigenvalue weighted by atomic mass is 16.6. The summed E-state index contributed by atoms with van der Waals surface area (Å²) in [5.74, 6) is -0.282. The van der Waals surface area contributed by atoms with E-state index in [0.29, 0.717) is 19.8 Å². The Kier molecular flexibility index (Phi) is 16.2. The molecule has 0 spiro atoms. The lowest BCUT2D eigenvalue weighted by Gasteiger charge is -2.15. The Morgan fingerprint density at radius 2 is 1.50 bits per heavy atom. The quantitative estimate of drug-likeness (QED) is 0.573. The van der Waals surface area contributed by atoms with Crippen LogP contribution < -0.4 is 0 Å². The van der Waals surface area contributed by atoms with Gasteiger partial charge < -0.3 is 29.2 Å². The van der Waals surface area contributed by atoms with E-state index in [1.807, 2.05) is 13.8 Å². The van der Waals surface area contributed by atoms with Crippen molar-refractivity contribution in [3.8, 4) is 0 Å². The first-order valence-corrected chi connectivity index (χ1v) is 7.41. The van der Waals surface area contributed by atoms with Crippen molar-refractivity contribution in [2.75, 3.05) is 33.5 Å². The molecule has 0 fully saturated rings. The first kappa shape index (κ1) is 23.5. The molecule has 0 rings (SSSR count). The van der Waals surface area contributed by atoms with Gasteiger partial charge in [-0.1, -0.05) is 0 Å². The molecular weight excluding hydrogens is 292 g/mol. The van der Waals surface area contributed by atoms with E-state index in [0.717, 1.165) is 0 Å². The Morgan fingerprint density at radius 3 is 1.91 bits per heavy atom. The molecule has 134 valence electrons. The zero-order valence-electron chi connectivity index (χ0n) is 14.6. The van der Waals surface area contributed by atoms with Crippen LogP contribution in [0.4, 0.5) is 0 Å². The summed E-state index contributed by atoms with van der Waals surface area (Å²) in [6.45, 7) is 9.65. The van der Waals surface area contributed by atoms with E-state index in [2.05, 4.69) is 0 Å². The summed E-state index contributed by atoms with van der Waals surface area (Å²) >= 11 is 0. The lowest BCUT2D eigenvalue weighted by molar-refractivity contribution is -0.145. The molecule has 7 heteroatoms. The first-order chi connectivity index (χ1) is 10.2. The second-order valence-electron chi connectivity index (χ2n) is 5.17. The highest BCUT2D eigenvalue weighted by molar-refractivity contribution is 5.65. The van der Waals surface area contributed by atoms with Crippen molar-refractivity contribution in [2.24, 2.45) is 0 Å². The van der Waals surface area contributed by atoms with Gasteiger partial charge in [0, 0.05) is 14.0 Å². The van der Waals surface area contributed by atoms with Gasteiger partial charge in [-0.15, -0.1) is 0 Å². The maximum Gasteiger partial charge on any atom is 0.302 e. The van der Waals surface area contributed by atoms with Crippen LogP contribution >= 0.6 is 0 Å². The zero-order chi connectivity index (χ0) is 17.5. The van der Waals surface area contributed by atoms with Gasteiger partial charge in [0.1, 0.15) is 6.61 Å². The molecule has 0 aliphatic carbocycles. The van der Waals surface area contributed by atoms with Gasteiger partial charge in [0.2, 0.25) is 0 Å². The van der Waals surface area contributed by atoms with Crippen LogP contribution in [0.2, 0.25) is 0 Å². The van der Waals surface area contributed by atoms with Gasteiger partial charge in [-0.2, -0.15) is 0 Å². The number of rotatable bonds is 10. The lowest BCUT2D eigenvalue weighted by atomic mass is 10.4. The molecule has 22 heavy (non-hydrogen) atoms. The third-order valence-corrected chi connectivity index (χ3v) is 2.42. The van der Waals surface area contributed by atoms with Crippen LogP contribution in [0.1, 0.15) is 34.6 Å². The number of aliphatic hydroxyl groups excluding tert-OH is 2. The average Bonchev–Trinajstić information content (AvgIpc) is 2.48. The normalized spacial score (nSPS) is 16.0. The minimum absolute atomic E-state index is 0.00667. The number of ether oxygens (including phenoxy) is 4. The van der Waals surface area contributed by atoms with Crippen LogP contribution in [0, 0.1) is 0 Å². The molecule has 0 aromatic heterocycles. The van der Waals surface area contributed by atoms with E-state index in [9.17, 15) is 4.79 Å². The maximum atomic E-state index is 10.4. The third kappa shape index (κ3) is 19.3. The molecule has 0 aliphatic heterocycles. The Balaban J connectivity index is 0. The molecule has 0 radical (unpaired) electrons. The van der Waals surface area contributed by atoms with Crippen molar-refractivity contribution in [1.82, 2.24) is 0 Å². The summed E-state index contributed by atoms with van der Waals surface area (Å²) in [5.41, 5.74) is 0.